The van der Waals surface area contributed by atoms with Crippen LogP contribution in [0, 0.1) is 5.92 Å². The summed E-state index contributed by atoms with van der Waals surface area (Å²) in [6.07, 6.45) is 1.15. The lowest BCUT2D eigenvalue weighted by atomic mass is 10.0. The van der Waals surface area contributed by atoms with Gasteiger partial charge in [-0.05, 0) is 30.4 Å². The fourth-order valence-electron chi connectivity index (χ4n) is 1.50. The molecule has 1 aromatic rings. The molecule has 0 saturated heterocycles. The third-order valence-corrected chi connectivity index (χ3v) is 2.19. The zero-order valence-electron chi connectivity index (χ0n) is 9.92. The van der Waals surface area contributed by atoms with E-state index in [4.69, 9.17) is 4.84 Å². The van der Waals surface area contributed by atoms with Gasteiger partial charge in [-0.1, -0.05) is 38.1 Å². The Kier molecular flexibility index (Phi) is 5.37. The van der Waals surface area contributed by atoms with Crippen LogP contribution in [0.1, 0.15) is 31.9 Å². The van der Waals surface area contributed by atoms with Gasteiger partial charge in [0, 0.05) is 6.54 Å². The molecule has 0 bridgehead atoms. The van der Waals surface area contributed by atoms with Gasteiger partial charge in [0.05, 0.1) is 6.61 Å². The third kappa shape index (κ3) is 4.96. The molecule has 0 spiro atoms. The molecule has 1 N–H and O–H groups in total. The summed E-state index contributed by atoms with van der Waals surface area (Å²) >= 11 is 0. The number of hydrogen-bond donors (Lipinski definition) is 1. The molecule has 84 valence electrons. The molecular weight excluding hydrogens is 186 g/mol. The Morgan fingerprint density at radius 3 is 2.27 bits per heavy atom. The van der Waals surface area contributed by atoms with Gasteiger partial charge in [-0.2, -0.15) is 5.48 Å². The second kappa shape index (κ2) is 6.59. The van der Waals surface area contributed by atoms with Crippen molar-refractivity contribution in [2.75, 3.05) is 6.61 Å². The van der Waals surface area contributed by atoms with Gasteiger partial charge in [0.1, 0.15) is 0 Å². The second-order valence-electron chi connectivity index (χ2n) is 4.17. The predicted octanol–water partition coefficient (Wildman–Crippen LogP) is 2.93. The summed E-state index contributed by atoms with van der Waals surface area (Å²) in [5.74, 6) is 0.720. The third-order valence-electron chi connectivity index (χ3n) is 2.19. The molecule has 0 saturated carbocycles. The fraction of sp³-hybridized carbons (Fsp3) is 0.538. The number of benzene rings is 1. The van der Waals surface area contributed by atoms with E-state index in [1.165, 1.54) is 11.1 Å². The smallest absolute Gasteiger partial charge is 0.0654 e. The molecule has 2 nitrogen and oxygen atoms in total. The average Bonchev–Trinajstić information content (AvgIpc) is 2.20. The van der Waals surface area contributed by atoms with Crippen LogP contribution >= 0.6 is 0 Å². The van der Waals surface area contributed by atoms with Crippen molar-refractivity contribution in [2.24, 2.45) is 5.92 Å². The normalized spacial score (nSPS) is 10.9. The summed E-state index contributed by atoms with van der Waals surface area (Å²) < 4.78 is 0. The Bertz CT molecular complexity index is 266. The highest BCUT2D eigenvalue weighted by Crippen LogP contribution is 2.09. The Hall–Kier alpha value is -0.860. The van der Waals surface area contributed by atoms with E-state index in [0.29, 0.717) is 6.61 Å². The molecular formula is C13H21NO. The Morgan fingerprint density at radius 1 is 1.13 bits per heavy atom. The van der Waals surface area contributed by atoms with E-state index < -0.39 is 0 Å². The van der Waals surface area contributed by atoms with Gasteiger partial charge in [0.15, 0.2) is 0 Å². The van der Waals surface area contributed by atoms with Crippen LogP contribution in [-0.2, 0) is 17.8 Å². The van der Waals surface area contributed by atoms with Gasteiger partial charge >= 0.3 is 0 Å². The van der Waals surface area contributed by atoms with Crippen molar-refractivity contribution in [1.29, 1.82) is 0 Å². The van der Waals surface area contributed by atoms with Gasteiger partial charge < -0.3 is 4.84 Å². The van der Waals surface area contributed by atoms with Gasteiger partial charge in [0.25, 0.3) is 0 Å². The average molecular weight is 207 g/mol. The maximum atomic E-state index is 5.08. The Morgan fingerprint density at radius 2 is 1.73 bits per heavy atom. The van der Waals surface area contributed by atoms with E-state index in [1.54, 1.807) is 0 Å². The molecule has 1 rings (SSSR count). The minimum atomic E-state index is 0.700. The first-order valence-corrected chi connectivity index (χ1v) is 5.64. The minimum Gasteiger partial charge on any atom is -0.302 e. The van der Waals surface area contributed by atoms with Crippen molar-refractivity contribution < 1.29 is 4.84 Å². The molecule has 1 aromatic carbocycles. The Labute approximate surface area is 92.6 Å². The van der Waals surface area contributed by atoms with Crippen LogP contribution in [-0.4, -0.2) is 6.61 Å². The predicted molar refractivity (Wildman–Crippen MR) is 63.4 cm³/mol. The van der Waals surface area contributed by atoms with Crippen LogP contribution in [0.5, 0.6) is 0 Å². The lowest BCUT2D eigenvalue weighted by Crippen LogP contribution is -2.13. The van der Waals surface area contributed by atoms with Crippen molar-refractivity contribution in [1.82, 2.24) is 5.48 Å². The molecule has 0 aromatic heterocycles. The van der Waals surface area contributed by atoms with Crippen LogP contribution < -0.4 is 5.48 Å². The zero-order chi connectivity index (χ0) is 11.1. The molecule has 0 atom stereocenters. The Balaban J connectivity index is 2.42. The molecule has 0 unspecified atom stereocenters. The summed E-state index contributed by atoms with van der Waals surface area (Å²) in [5, 5.41) is 0. The van der Waals surface area contributed by atoms with Gasteiger partial charge in [-0.3, -0.25) is 0 Å². The maximum absolute atomic E-state index is 5.08. The summed E-state index contributed by atoms with van der Waals surface area (Å²) in [4.78, 5) is 5.08. The summed E-state index contributed by atoms with van der Waals surface area (Å²) in [7, 11) is 0. The largest absolute Gasteiger partial charge is 0.302 e. The monoisotopic (exact) mass is 207 g/mol. The fourth-order valence-corrected chi connectivity index (χ4v) is 1.50. The van der Waals surface area contributed by atoms with Crippen LogP contribution in [0.3, 0.4) is 0 Å². The van der Waals surface area contributed by atoms with Crippen LogP contribution in [0.2, 0.25) is 0 Å². The van der Waals surface area contributed by atoms with Crippen molar-refractivity contribution in [2.45, 2.75) is 33.7 Å². The first-order valence-electron chi connectivity index (χ1n) is 5.64. The SMILES string of the molecule is CCONCc1ccc(CC(C)C)cc1. The highest BCUT2D eigenvalue weighted by molar-refractivity contribution is 5.22. The quantitative estimate of drug-likeness (QED) is 0.572. The molecule has 0 fully saturated rings. The summed E-state index contributed by atoms with van der Waals surface area (Å²) in [6.45, 7) is 7.93. The topological polar surface area (TPSA) is 21.3 Å². The number of nitrogens with one attached hydrogen (secondary N) is 1. The molecule has 0 aliphatic heterocycles. The van der Waals surface area contributed by atoms with E-state index in [0.717, 1.165) is 18.9 Å². The van der Waals surface area contributed by atoms with E-state index in [-0.39, 0.29) is 0 Å². The second-order valence-corrected chi connectivity index (χ2v) is 4.17. The molecule has 0 aliphatic rings. The van der Waals surface area contributed by atoms with Gasteiger partial charge in [-0.25, -0.2) is 0 Å². The highest BCUT2D eigenvalue weighted by Gasteiger charge is 1.98. The van der Waals surface area contributed by atoms with Crippen molar-refractivity contribution >= 4 is 0 Å². The molecule has 0 amide bonds. The molecule has 15 heavy (non-hydrogen) atoms. The molecule has 0 heterocycles. The first kappa shape index (κ1) is 12.2. The van der Waals surface area contributed by atoms with E-state index in [1.807, 2.05) is 6.92 Å². The molecule has 0 aliphatic carbocycles. The van der Waals surface area contributed by atoms with Crippen molar-refractivity contribution in [3.05, 3.63) is 35.4 Å². The van der Waals surface area contributed by atoms with Crippen molar-refractivity contribution in [3.63, 3.8) is 0 Å². The van der Waals surface area contributed by atoms with Crippen LogP contribution in [0.15, 0.2) is 24.3 Å². The highest BCUT2D eigenvalue weighted by atomic mass is 16.6. The maximum Gasteiger partial charge on any atom is 0.0654 e. The number of rotatable bonds is 6. The molecule has 0 radical (unpaired) electrons. The van der Waals surface area contributed by atoms with E-state index in [9.17, 15) is 0 Å². The number of hydroxylamine groups is 1. The number of hydrogen-bond acceptors (Lipinski definition) is 2. The summed E-state index contributed by atoms with van der Waals surface area (Å²) in [6, 6.07) is 8.71. The van der Waals surface area contributed by atoms with Gasteiger partial charge in [-0.15, -0.1) is 0 Å². The van der Waals surface area contributed by atoms with E-state index in [2.05, 4.69) is 43.6 Å². The lowest BCUT2D eigenvalue weighted by molar-refractivity contribution is 0.0463. The summed E-state index contributed by atoms with van der Waals surface area (Å²) in [5.41, 5.74) is 5.58. The minimum absolute atomic E-state index is 0.700. The van der Waals surface area contributed by atoms with Gasteiger partial charge in [0.2, 0.25) is 0 Å². The van der Waals surface area contributed by atoms with Crippen LogP contribution in [0.25, 0.3) is 0 Å². The van der Waals surface area contributed by atoms with Crippen LogP contribution in [0.4, 0.5) is 0 Å². The zero-order valence-corrected chi connectivity index (χ0v) is 9.92. The lowest BCUT2D eigenvalue weighted by Gasteiger charge is -2.07. The first-order chi connectivity index (χ1) is 7.22. The van der Waals surface area contributed by atoms with E-state index >= 15 is 0 Å². The standard InChI is InChI=1S/C13H21NO/c1-4-15-14-10-13-7-5-12(6-8-13)9-11(2)3/h5-8,11,14H,4,9-10H2,1-3H3. The van der Waals surface area contributed by atoms with Crippen molar-refractivity contribution in [3.8, 4) is 0 Å². The molecule has 2 heteroatoms.